The lowest BCUT2D eigenvalue weighted by Crippen LogP contribution is -2.19. The van der Waals surface area contributed by atoms with Crippen LogP contribution >= 0.6 is 15.9 Å². The summed E-state index contributed by atoms with van der Waals surface area (Å²) in [5.74, 6) is 0. The number of pyridine rings is 1. The van der Waals surface area contributed by atoms with Gasteiger partial charge in [0.25, 0.3) is 0 Å². The van der Waals surface area contributed by atoms with Gasteiger partial charge in [-0.25, -0.2) is 0 Å². The van der Waals surface area contributed by atoms with E-state index in [1.165, 1.54) is 11.1 Å². The quantitative estimate of drug-likeness (QED) is 0.934. The number of hydrogen-bond acceptors (Lipinski definition) is 2. The third kappa shape index (κ3) is 3.14. The van der Waals surface area contributed by atoms with E-state index in [4.69, 9.17) is 0 Å². The zero-order chi connectivity index (χ0) is 12.1. The molecule has 0 spiro atoms. The van der Waals surface area contributed by atoms with Gasteiger partial charge in [-0.15, -0.1) is 0 Å². The first-order valence-electron chi connectivity index (χ1n) is 5.62. The highest BCUT2D eigenvalue weighted by atomic mass is 79.9. The van der Waals surface area contributed by atoms with Crippen molar-refractivity contribution in [1.82, 2.24) is 10.3 Å². The van der Waals surface area contributed by atoms with E-state index in [1.54, 1.807) is 6.20 Å². The number of rotatable bonds is 4. The lowest BCUT2D eigenvalue weighted by atomic mass is 10.0. The standard InChI is InChI=1S/C14H15BrN2/c1-16-14(12-6-4-8-17-10-12)9-11-5-2-3-7-13(11)15/h2-8,10,14,16H,9H2,1H3. The van der Waals surface area contributed by atoms with Crippen LogP contribution < -0.4 is 5.32 Å². The Kier molecular flexibility index (Phi) is 4.29. The Bertz CT molecular complexity index is 471. The van der Waals surface area contributed by atoms with E-state index in [2.05, 4.69) is 50.5 Å². The van der Waals surface area contributed by atoms with Crippen molar-refractivity contribution in [3.8, 4) is 0 Å². The highest BCUT2D eigenvalue weighted by Crippen LogP contribution is 2.23. The molecule has 1 aromatic heterocycles. The maximum atomic E-state index is 4.17. The fourth-order valence-electron chi connectivity index (χ4n) is 1.85. The molecule has 0 saturated carbocycles. The average molecular weight is 291 g/mol. The molecule has 1 N–H and O–H groups in total. The van der Waals surface area contributed by atoms with Crippen molar-refractivity contribution in [2.75, 3.05) is 7.05 Å². The monoisotopic (exact) mass is 290 g/mol. The van der Waals surface area contributed by atoms with E-state index in [9.17, 15) is 0 Å². The summed E-state index contributed by atoms with van der Waals surface area (Å²) in [7, 11) is 1.98. The third-order valence-corrected chi connectivity index (χ3v) is 3.59. The molecule has 0 aliphatic heterocycles. The van der Waals surface area contributed by atoms with E-state index in [1.807, 2.05) is 25.4 Å². The Morgan fingerprint density at radius 2 is 2.06 bits per heavy atom. The van der Waals surface area contributed by atoms with Gasteiger partial charge in [0.15, 0.2) is 0 Å². The van der Waals surface area contributed by atoms with Gasteiger partial charge >= 0.3 is 0 Å². The topological polar surface area (TPSA) is 24.9 Å². The van der Waals surface area contributed by atoms with Crippen LogP contribution in [0.3, 0.4) is 0 Å². The first-order valence-corrected chi connectivity index (χ1v) is 6.41. The van der Waals surface area contributed by atoms with Gasteiger partial charge in [-0.3, -0.25) is 4.98 Å². The molecule has 0 bridgehead atoms. The Hall–Kier alpha value is -1.19. The molecule has 0 fully saturated rings. The summed E-state index contributed by atoms with van der Waals surface area (Å²) in [6.07, 6.45) is 4.66. The minimum absolute atomic E-state index is 0.294. The Morgan fingerprint density at radius 1 is 1.24 bits per heavy atom. The van der Waals surface area contributed by atoms with Gasteiger partial charge in [0, 0.05) is 22.9 Å². The van der Waals surface area contributed by atoms with Gasteiger partial charge in [-0.1, -0.05) is 40.2 Å². The summed E-state index contributed by atoms with van der Waals surface area (Å²) >= 11 is 3.58. The number of halogens is 1. The maximum absolute atomic E-state index is 4.17. The van der Waals surface area contributed by atoms with Gasteiger partial charge in [-0.05, 0) is 36.7 Å². The molecule has 0 aliphatic carbocycles. The first kappa shape index (κ1) is 12.3. The van der Waals surface area contributed by atoms with Crippen molar-refractivity contribution in [3.05, 3.63) is 64.4 Å². The minimum atomic E-state index is 0.294. The molecular weight excluding hydrogens is 276 g/mol. The predicted octanol–water partition coefficient (Wildman–Crippen LogP) is 3.35. The van der Waals surface area contributed by atoms with Crippen LogP contribution in [-0.4, -0.2) is 12.0 Å². The molecular formula is C14H15BrN2. The Morgan fingerprint density at radius 3 is 2.71 bits per heavy atom. The van der Waals surface area contributed by atoms with Crippen molar-refractivity contribution in [2.45, 2.75) is 12.5 Å². The molecule has 17 heavy (non-hydrogen) atoms. The molecule has 2 rings (SSSR count). The minimum Gasteiger partial charge on any atom is -0.313 e. The second-order valence-corrected chi connectivity index (χ2v) is 4.78. The van der Waals surface area contributed by atoms with Crippen LogP contribution in [0.4, 0.5) is 0 Å². The van der Waals surface area contributed by atoms with E-state index in [0.717, 1.165) is 10.9 Å². The van der Waals surface area contributed by atoms with Crippen molar-refractivity contribution < 1.29 is 0 Å². The second-order valence-electron chi connectivity index (χ2n) is 3.92. The molecule has 0 amide bonds. The molecule has 0 saturated heterocycles. The number of aromatic nitrogens is 1. The molecule has 0 radical (unpaired) electrons. The van der Waals surface area contributed by atoms with Gasteiger partial charge in [0.05, 0.1) is 0 Å². The van der Waals surface area contributed by atoms with Gasteiger partial charge < -0.3 is 5.32 Å². The summed E-state index contributed by atoms with van der Waals surface area (Å²) in [6.45, 7) is 0. The van der Waals surface area contributed by atoms with Crippen molar-refractivity contribution >= 4 is 15.9 Å². The summed E-state index contributed by atoms with van der Waals surface area (Å²) in [6, 6.07) is 12.7. The molecule has 1 heterocycles. The lowest BCUT2D eigenvalue weighted by Gasteiger charge is -2.17. The van der Waals surface area contributed by atoms with Crippen LogP contribution in [0.15, 0.2) is 53.3 Å². The average Bonchev–Trinajstić information content (AvgIpc) is 2.39. The van der Waals surface area contributed by atoms with Crippen LogP contribution in [-0.2, 0) is 6.42 Å². The fourth-order valence-corrected chi connectivity index (χ4v) is 2.30. The highest BCUT2D eigenvalue weighted by molar-refractivity contribution is 9.10. The number of benzene rings is 1. The zero-order valence-corrected chi connectivity index (χ0v) is 11.3. The Labute approximate surface area is 110 Å². The smallest absolute Gasteiger partial charge is 0.0374 e. The largest absolute Gasteiger partial charge is 0.313 e. The van der Waals surface area contributed by atoms with E-state index >= 15 is 0 Å². The molecule has 2 aromatic rings. The van der Waals surface area contributed by atoms with Gasteiger partial charge in [0.2, 0.25) is 0 Å². The van der Waals surface area contributed by atoms with Crippen molar-refractivity contribution in [1.29, 1.82) is 0 Å². The predicted molar refractivity (Wildman–Crippen MR) is 73.9 cm³/mol. The number of hydrogen-bond donors (Lipinski definition) is 1. The summed E-state index contributed by atoms with van der Waals surface area (Å²) in [5.41, 5.74) is 2.52. The zero-order valence-electron chi connectivity index (χ0n) is 9.73. The first-order chi connectivity index (χ1) is 8.31. The molecule has 1 unspecified atom stereocenters. The normalized spacial score (nSPS) is 12.4. The summed E-state index contributed by atoms with van der Waals surface area (Å²) in [4.78, 5) is 4.17. The van der Waals surface area contributed by atoms with E-state index in [0.29, 0.717) is 6.04 Å². The molecule has 88 valence electrons. The molecule has 1 atom stereocenters. The van der Waals surface area contributed by atoms with E-state index < -0.39 is 0 Å². The van der Waals surface area contributed by atoms with Crippen LogP contribution in [0.5, 0.6) is 0 Å². The highest BCUT2D eigenvalue weighted by Gasteiger charge is 2.11. The third-order valence-electron chi connectivity index (χ3n) is 2.82. The number of likely N-dealkylation sites (N-methyl/N-ethyl adjacent to an activating group) is 1. The fraction of sp³-hybridized carbons (Fsp3) is 0.214. The second kappa shape index (κ2) is 5.94. The van der Waals surface area contributed by atoms with Crippen LogP contribution in [0.1, 0.15) is 17.2 Å². The van der Waals surface area contributed by atoms with Crippen molar-refractivity contribution in [2.24, 2.45) is 0 Å². The van der Waals surface area contributed by atoms with E-state index in [-0.39, 0.29) is 0 Å². The SMILES string of the molecule is CNC(Cc1ccccc1Br)c1cccnc1. The van der Waals surface area contributed by atoms with Crippen LogP contribution in [0.25, 0.3) is 0 Å². The molecule has 1 aromatic carbocycles. The summed E-state index contributed by atoms with van der Waals surface area (Å²) < 4.78 is 1.16. The lowest BCUT2D eigenvalue weighted by molar-refractivity contribution is 0.589. The molecule has 0 aliphatic rings. The summed E-state index contributed by atoms with van der Waals surface area (Å²) in [5, 5.41) is 3.33. The maximum Gasteiger partial charge on any atom is 0.0374 e. The van der Waals surface area contributed by atoms with Crippen LogP contribution in [0, 0.1) is 0 Å². The number of nitrogens with zero attached hydrogens (tertiary/aromatic N) is 1. The molecule has 3 heteroatoms. The number of nitrogens with one attached hydrogen (secondary N) is 1. The van der Waals surface area contributed by atoms with Crippen LogP contribution in [0.2, 0.25) is 0 Å². The Balaban J connectivity index is 2.19. The van der Waals surface area contributed by atoms with Gasteiger partial charge in [0.1, 0.15) is 0 Å². The van der Waals surface area contributed by atoms with Crippen molar-refractivity contribution in [3.63, 3.8) is 0 Å². The molecule has 2 nitrogen and oxygen atoms in total. The van der Waals surface area contributed by atoms with Gasteiger partial charge in [-0.2, -0.15) is 0 Å².